The molecule has 1 aromatic heterocycles. The van der Waals surface area contributed by atoms with Crippen molar-refractivity contribution in [2.75, 3.05) is 0 Å². The zero-order valence-electron chi connectivity index (χ0n) is 14.2. The lowest BCUT2D eigenvalue weighted by Crippen LogP contribution is -2.52. The average molecular weight is 347 g/mol. The number of carbonyl (C=O) groups excluding carboxylic acids is 2. The van der Waals surface area contributed by atoms with E-state index in [-0.39, 0.29) is 30.7 Å². The molecule has 0 aliphatic carbocycles. The standard InChI is InChI=1S/C18H22FN3O3/c1-12(2)16(17(23)20-11-15-4-3-9-25-15)22-18(24)21-10-13-5-7-14(19)8-6-13/h3-9,12,16H,10-11H2,1-2H3,(H,20,23)(H2,21,22,24). The number of furan rings is 1. The molecule has 2 aromatic rings. The minimum Gasteiger partial charge on any atom is -0.467 e. The first-order valence-corrected chi connectivity index (χ1v) is 8.04. The molecule has 1 atom stereocenters. The number of amides is 3. The van der Waals surface area contributed by atoms with Crippen LogP contribution in [0.4, 0.5) is 9.18 Å². The third-order valence-electron chi connectivity index (χ3n) is 3.62. The molecule has 25 heavy (non-hydrogen) atoms. The molecule has 0 radical (unpaired) electrons. The van der Waals surface area contributed by atoms with E-state index in [0.29, 0.717) is 5.76 Å². The van der Waals surface area contributed by atoms with Crippen LogP contribution in [0.2, 0.25) is 0 Å². The lowest BCUT2D eigenvalue weighted by Gasteiger charge is -2.21. The van der Waals surface area contributed by atoms with Gasteiger partial charge in [0, 0.05) is 6.54 Å². The van der Waals surface area contributed by atoms with Crippen LogP contribution in [0, 0.1) is 11.7 Å². The first kappa shape index (κ1) is 18.5. The molecular weight excluding hydrogens is 325 g/mol. The topological polar surface area (TPSA) is 83.4 Å². The van der Waals surface area contributed by atoms with Gasteiger partial charge in [-0.15, -0.1) is 0 Å². The molecule has 1 aromatic carbocycles. The lowest BCUT2D eigenvalue weighted by molar-refractivity contribution is -0.124. The summed E-state index contributed by atoms with van der Waals surface area (Å²) in [5.41, 5.74) is 0.764. The number of hydrogen-bond acceptors (Lipinski definition) is 3. The van der Waals surface area contributed by atoms with Gasteiger partial charge >= 0.3 is 6.03 Å². The Kier molecular flexibility index (Phi) is 6.56. The molecule has 3 amide bonds. The molecule has 0 aliphatic heterocycles. The van der Waals surface area contributed by atoms with Crippen molar-refractivity contribution in [3.05, 3.63) is 59.8 Å². The van der Waals surface area contributed by atoms with Gasteiger partial charge in [-0.1, -0.05) is 26.0 Å². The van der Waals surface area contributed by atoms with E-state index in [9.17, 15) is 14.0 Å². The van der Waals surface area contributed by atoms with Crippen molar-refractivity contribution < 1.29 is 18.4 Å². The molecule has 0 spiro atoms. The van der Waals surface area contributed by atoms with Gasteiger partial charge in [0.05, 0.1) is 12.8 Å². The van der Waals surface area contributed by atoms with Crippen molar-refractivity contribution in [3.63, 3.8) is 0 Å². The van der Waals surface area contributed by atoms with Gasteiger partial charge in [-0.3, -0.25) is 4.79 Å². The molecule has 1 unspecified atom stereocenters. The maximum absolute atomic E-state index is 12.9. The lowest BCUT2D eigenvalue weighted by atomic mass is 10.0. The number of urea groups is 1. The fourth-order valence-corrected chi connectivity index (χ4v) is 2.21. The molecule has 0 bridgehead atoms. The van der Waals surface area contributed by atoms with Crippen LogP contribution in [0.15, 0.2) is 47.1 Å². The van der Waals surface area contributed by atoms with Crippen molar-refractivity contribution in [2.45, 2.75) is 33.0 Å². The summed E-state index contributed by atoms with van der Waals surface area (Å²) in [6.07, 6.45) is 1.53. The van der Waals surface area contributed by atoms with Crippen molar-refractivity contribution >= 4 is 11.9 Å². The Morgan fingerprint density at radius 2 is 1.80 bits per heavy atom. The third-order valence-corrected chi connectivity index (χ3v) is 3.62. The summed E-state index contributed by atoms with van der Waals surface area (Å²) >= 11 is 0. The predicted octanol–water partition coefficient (Wildman–Crippen LogP) is 2.56. The summed E-state index contributed by atoms with van der Waals surface area (Å²) in [6, 6.07) is 8.19. The van der Waals surface area contributed by atoms with Crippen LogP contribution in [0.3, 0.4) is 0 Å². The highest BCUT2D eigenvalue weighted by molar-refractivity contribution is 5.87. The zero-order valence-corrected chi connectivity index (χ0v) is 14.2. The van der Waals surface area contributed by atoms with E-state index < -0.39 is 12.1 Å². The number of hydrogen-bond donors (Lipinski definition) is 3. The van der Waals surface area contributed by atoms with E-state index in [1.165, 1.54) is 18.4 Å². The Bertz CT molecular complexity index is 684. The Morgan fingerprint density at radius 1 is 1.08 bits per heavy atom. The van der Waals surface area contributed by atoms with Gasteiger partial charge in [0.1, 0.15) is 17.6 Å². The molecular formula is C18H22FN3O3. The molecule has 3 N–H and O–H groups in total. The Hall–Kier alpha value is -2.83. The number of benzene rings is 1. The van der Waals surface area contributed by atoms with Gasteiger partial charge in [0.15, 0.2) is 0 Å². The van der Waals surface area contributed by atoms with Gasteiger partial charge in [0.2, 0.25) is 5.91 Å². The quantitative estimate of drug-likeness (QED) is 0.720. The molecule has 7 heteroatoms. The highest BCUT2D eigenvalue weighted by atomic mass is 19.1. The van der Waals surface area contributed by atoms with Crippen LogP contribution < -0.4 is 16.0 Å². The third kappa shape index (κ3) is 5.95. The van der Waals surface area contributed by atoms with Gasteiger partial charge < -0.3 is 20.4 Å². The fraction of sp³-hybridized carbons (Fsp3) is 0.333. The Morgan fingerprint density at radius 3 is 2.40 bits per heavy atom. The van der Waals surface area contributed by atoms with E-state index in [4.69, 9.17) is 4.42 Å². The number of rotatable bonds is 7. The molecule has 1 heterocycles. The van der Waals surface area contributed by atoms with E-state index in [2.05, 4.69) is 16.0 Å². The fourth-order valence-electron chi connectivity index (χ4n) is 2.21. The van der Waals surface area contributed by atoms with E-state index in [1.807, 2.05) is 13.8 Å². The number of carbonyl (C=O) groups is 2. The Balaban J connectivity index is 1.83. The largest absolute Gasteiger partial charge is 0.467 e. The van der Waals surface area contributed by atoms with Crippen LogP contribution in [0.25, 0.3) is 0 Å². The minimum absolute atomic E-state index is 0.0897. The Labute approximate surface area is 145 Å². The summed E-state index contributed by atoms with van der Waals surface area (Å²) in [4.78, 5) is 24.3. The van der Waals surface area contributed by atoms with Gasteiger partial charge in [-0.2, -0.15) is 0 Å². The van der Waals surface area contributed by atoms with Crippen LogP contribution in [-0.4, -0.2) is 18.0 Å². The number of halogens is 1. The van der Waals surface area contributed by atoms with Crippen LogP contribution in [0.1, 0.15) is 25.2 Å². The molecule has 6 nitrogen and oxygen atoms in total. The summed E-state index contributed by atoms with van der Waals surface area (Å²) in [5, 5.41) is 8.05. The first-order valence-electron chi connectivity index (χ1n) is 8.04. The molecule has 0 saturated carbocycles. The minimum atomic E-state index is -0.678. The van der Waals surface area contributed by atoms with Crippen molar-refractivity contribution in [2.24, 2.45) is 5.92 Å². The average Bonchev–Trinajstić information content (AvgIpc) is 3.10. The summed E-state index contributed by atoms with van der Waals surface area (Å²) in [5.74, 6) is -0.0746. The van der Waals surface area contributed by atoms with Gasteiger partial charge in [0.25, 0.3) is 0 Å². The number of nitrogens with one attached hydrogen (secondary N) is 3. The van der Waals surface area contributed by atoms with Crippen molar-refractivity contribution in [1.29, 1.82) is 0 Å². The monoisotopic (exact) mass is 347 g/mol. The van der Waals surface area contributed by atoms with E-state index in [1.54, 1.807) is 24.3 Å². The maximum atomic E-state index is 12.9. The SMILES string of the molecule is CC(C)C(NC(=O)NCc1ccc(F)cc1)C(=O)NCc1ccco1. The van der Waals surface area contributed by atoms with E-state index in [0.717, 1.165) is 5.56 Å². The summed E-state index contributed by atoms with van der Waals surface area (Å²) < 4.78 is 18.0. The zero-order chi connectivity index (χ0) is 18.2. The maximum Gasteiger partial charge on any atom is 0.315 e. The van der Waals surface area contributed by atoms with Gasteiger partial charge in [-0.25, -0.2) is 9.18 Å². The summed E-state index contributed by atoms with van der Waals surface area (Å²) in [7, 11) is 0. The smallest absolute Gasteiger partial charge is 0.315 e. The first-order chi connectivity index (χ1) is 12.0. The molecule has 0 saturated heterocycles. The van der Waals surface area contributed by atoms with Crippen molar-refractivity contribution in [3.8, 4) is 0 Å². The molecule has 2 rings (SSSR count). The predicted molar refractivity (Wildman–Crippen MR) is 91.0 cm³/mol. The second kappa shape index (κ2) is 8.86. The van der Waals surface area contributed by atoms with E-state index >= 15 is 0 Å². The second-order valence-corrected chi connectivity index (χ2v) is 5.97. The normalized spacial score (nSPS) is 11.8. The highest BCUT2D eigenvalue weighted by Crippen LogP contribution is 2.05. The molecule has 0 fully saturated rings. The molecule has 134 valence electrons. The van der Waals surface area contributed by atoms with Crippen LogP contribution >= 0.6 is 0 Å². The van der Waals surface area contributed by atoms with Gasteiger partial charge in [-0.05, 0) is 35.7 Å². The van der Waals surface area contributed by atoms with Crippen molar-refractivity contribution in [1.82, 2.24) is 16.0 Å². The van der Waals surface area contributed by atoms with Crippen LogP contribution in [0.5, 0.6) is 0 Å². The van der Waals surface area contributed by atoms with Crippen LogP contribution in [-0.2, 0) is 17.9 Å². The molecule has 0 aliphatic rings. The second-order valence-electron chi connectivity index (χ2n) is 5.97. The summed E-state index contributed by atoms with van der Waals surface area (Å²) in [6.45, 7) is 4.19. The highest BCUT2D eigenvalue weighted by Gasteiger charge is 2.24.